The van der Waals surface area contributed by atoms with E-state index in [4.69, 9.17) is 0 Å². The summed E-state index contributed by atoms with van der Waals surface area (Å²) in [7, 11) is 1.84. The van der Waals surface area contributed by atoms with Gasteiger partial charge in [0.1, 0.15) is 6.33 Å². The van der Waals surface area contributed by atoms with Crippen LogP contribution in [-0.4, -0.2) is 31.1 Å². The lowest BCUT2D eigenvalue weighted by Crippen LogP contribution is -2.32. The summed E-state index contributed by atoms with van der Waals surface area (Å²) in [6.07, 6.45) is 5.41. The zero-order chi connectivity index (χ0) is 13.1. The molecule has 0 spiro atoms. The van der Waals surface area contributed by atoms with E-state index in [1.54, 1.807) is 16.4 Å². The molecule has 0 amide bonds. The molecule has 0 radical (unpaired) electrons. The van der Waals surface area contributed by atoms with E-state index in [2.05, 4.69) is 17.0 Å². The van der Waals surface area contributed by atoms with Crippen molar-refractivity contribution in [2.75, 3.05) is 0 Å². The number of hydrogen-bond acceptors (Lipinski definition) is 4. The number of rotatable bonds is 4. The van der Waals surface area contributed by atoms with Gasteiger partial charge in [-0.25, -0.2) is 9.67 Å². The average molecular weight is 269 g/mol. The number of thioether (sulfide) groups is 1. The molecule has 1 aromatic rings. The Kier molecular flexibility index (Phi) is 4.27. The number of nitrogens with zero attached hydrogens (tertiary/aromatic N) is 3. The summed E-state index contributed by atoms with van der Waals surface area (Å²) in [5, 5.41) is 14.3. The number of aromatic nitrogens is 3. The first-order valence-electron chi connectivity index (χ1n) is 6.35. The molecule has 3 unspecified atom stereocenters. The predicted molar refractivity (Wildman–Crippen MR) is 69.4 cm³/mol. The minimum Gasteiger partial charge on any atom is -0.481 e. The van der Waals surface area contributed by atoms with Crippen LogP contribution >= 0.6 is 11.8 Å². The van der Waals surface area contributed by atoms with Crippen LogP contribution in [-0.2, 0) is 11.8 Å². The third kappa shape index (κ3) is 2.85. The van der Waals surface area contributed by atoms with Crippen LogP contribution in [0.1, 0.15) is 32.6 Å². The lowest BCUT2D eigenvalue weighted by atomic mass is 9.80. The number of carbonyl (C=O) groups is 1. The second-order valence-corrected chi connectivity index (χ2v) is 6.06. The van der Waals surface area contributed by atoms with E-state index in [0.29, 0.717) is 5.92 Å². The molecule has 0 bridgehead atoms. The van der Waals surface area contributed by atoms with Crippen LogP contribution < -0.4 is 0 Å². The van der Waals surface area contributed by atoms with E-state index in [1.165, 1.54) is 6.33 Å². The molecule has 2 rings (SSSR count). The van der Waals surface area contributed by atoms with Crippen molar-refractivity contribution in [3.05, 3.63) is 6.33 Å². The highest BCUT2D eigenvalue weighted by atomic mass is 32.2. The third-order valence-electron chi connectivity index (χ3n) is 3.72. The quantitative estimate of drug-likeness (QED) is 0.907. The molecule has 0 aliphatic heterocycles. The van der Waals surface area contributed by atoms with Gasteiger partial charge in [0.25, 0.3) is 0 Å². The molecule has 1 aromatic heterocycles. The largest absolute Gasteiger partial charge is 0.481 e. The van der Waals surface area contributed by atoms with Crippen LogP contribution in [0.2, 0.25) is 0 Å². The van der Waals surface area contributed by atoms with E-state index in [9.17, 15) is 9.90 Å². The van der Waals surface area contributed by atoms with E-state index in [1.807, 2.05) is 7.05 Å². The Bertz CT molecular complexity index is 421. The van der Waals surface area contributed by atoms with Crippen molar-refractivity contribution in [1.82, 2.24) is 14.8 Å². The fraction of sp³-hybridized carbons (Fsp3) is 0.750. The van der Waals surface area contributed by atoms with Gasteiger partial charge in [-0.3, -0.25) is 4.79 Å². The van der Waals surface area contributed by atoms with Gasteiger partial charge in [-0.15, -0.1) is 0 Å². The Morgan fingerprint density at radius 2 is 2.39 bits per heavy atom. The molecular weight excluding hydrogens is 250 g/mol. The Hall–Kier alpha value is -1.04. The Labute approximate surface area is 111 Å². The fourth-order valence-corrected chi connectivity index (χ4v) is 3.89. The third-order valence-corrected chi connectivity index (χ3v) is 5.13. The van der Waals surface area contributed by atoms with Crippen LogP contribution in [0.4, 0.5) is 0 Å². The van der Waals surface area contributed by atoms with Crippen LogP contribution in [0.15, 0.2) is 11.5 Å². The number of aliphatic carboxylic acids is 1. The smallest absolute Gasteiger partial charge is 0.307 e. The molecule has 1 saturated carbocycles. The van der Waals surface area contributed by atoms with E-state index < -0.39 is 5.97 Å². The first-order chi connectivity index (χ1) is 8.61. The van der Waals surface area contributed by atoms with Gasteiger partial charge in [-0.05, 0) is 25.2 Å². The molecule has 1 aliphatic rings. The monoisotopic (exact) mass is 269 g/mol. The number of carboxylic acid groups (broad SMARTS) is 1. The van der Waals surface area contributed by atoms with Crippen molar-refractivity contribution >= 4 is 17.7 Å². The van der Waals surface area contributed by atoms with Gasteiger partial charge in [-0.2, -0.15) is 5.10 Å². The lowest BCUT2D eigenvalue weighted by Gasteiger charge is -2.32. The summed E-state index contributed by atoms with van der Waals surface area (Å²) in [5.41, 5.74) is 0. The molecule has 3 atom stereocenters. The molecule has 0 aromatic carbocycles. The maximum atomic E-state index is 11.3. The van der Waals surface area contributed by atoms with Crippen LogP contribution in [0.25, 0.3) is 0 Å². The average Bonchev–Trinajstić information content (AvgIpc) is 2.74. The van der Waals surface area contributed by atoms with E-state index in [0.717, 1.165) is 30.8 Å². The topological polar surface area (TPSA) is 68.0 Å². The summed E-state index contributed by atoms with van der Waals surface area (Å²) < 4.78 is 1.71. The molecule has 1 aliphatic carbocycles. The highest BCUT2D eigenvalue weighted by molar-refractivity contribution is 7.99. The molecule has 100 valence electrons. The molecule has 1 heterocycles. The van der Waals surface area contributed by atoms with Crippen molar-refractivity contribution in [3.8, 4) is 0 Å². The summed E-state index contributed by atoms with van der Waals surface area (Å²) >= 11 is 1.56. The molecule has 0 saturated heterocycles. The molecule has 1 fully saturated rings. The zero-order valence-electron chi connectivity index (χ0n) is 10.7. The predicted octanol–water partition coefficient (Wildman–Crippen LogP) is 2.19. The van der Waals surface area contributed by atoms with Gasteiger partial charge in [0.2, 0.25) is 0 Å². The summed E-state index contributed by atoms with van der Waals surface area (Å²) in [6.45, 7) is 2.18. The van der Waals surface area contributed by atoms with Gasteiger partial charge in [0.05, 0.1) is 5.92 Å². The zero-order valence-corrected chi connectivity index (χ0v) is 11.6. The summed E-state index contributed by atoms with van der Waals surface area (Å²) in [4.78, 5) is 15.5. The lowest BCUT2D eigenvalue weighted by molar-refractivity contribution is -0.142. The van der Waals surface area contributed by atoms with Gasteiger partial charge in [0, 0.05) is 12.3 Å². The molecular formula is C12H19N3O2S. The van der Waals surface area contributed by atoms with Crippen LogP contribution in [0.5, 0.6) is 0 Å². The minimum absolute atomic E-state index is 0.115. The summed E-state index contributed by atoms with van der Waals surface area (Å²) in [5.74, 6) is -0.287. The molecule has 1 N–H and O–H groups in total. The highest BCUT2D eigenvalue weighted by Gasteiger charge is 2.35. The van der Waals surface area contributed by atoms with Crippen molar-refractivity contribution < 1.29 is 9.90 Å². The van der Waals surface area contributed by atoms with E-state index >= 15 is 0 Å². The molecule has 18 heavy (non-hydrogen) atoms. The standard InChI is InChI=1S/C12H19N3O2S/c1-3-8-4-5-9(11(16)17)10(6-8)18-12-13-7-14-15(12)2/h7-10H,3-6H2,1-2H3,(H,16,17). The second-order valence-electron chi connectivity index (χ2n) is 4.85. The fourth-order valence-electron chi connectivity index (χ4n) is 2.52. The first kappa shape index (κ1) is 13.4. The molecule has 6 heteroatoms. The van der Waals surface area contributed by atoms with Crippen molar-refractivity contribution in [2.24, 2.45) is 18.9 Å². The Morgan fingerprint density at radius 3 is 2.94 bits per heavy atom. The normalized spacial score (nSPS) is 28.2. The van der Waals surface area contributed by atoms with Gasteiger partial charge in [-0.1, -0.05) is 25.1 Å². The van der Waals surface area contributed by atoms with Gasteiger partial charge < -0.3 is 5.11 Å². The van der Waals surface area contributed by atoms with E-state index in [-0.39, 0.29) is 11.2 Å². The second kappa shape index (κ2) is 5.73. The number of hydrogen-bond donors (Lipinski definition) is 1. The maximum Gasteiger partial charge on any atom is 0.307 e. The van der Waals surface area contributed by atoms with Crippen molar-refractivity contribution in [2.45, 2.75) is 43.0 Å². The van der Waals surface area contributed by atoms with Crippen molar-refractivity contribution in [3.63, 3.8) is 0 Å². The SMILES string of the molecule is CCC1CCC(C(=O)O)C(Sc2ncnn2C)C1. The highest BCUT2D eigenvalue weighted by Crippen LogP contribution is 2.40. The first-order valence-corrected chi connectivity index (χ1v) is 7.23. The Morgan fingerprint density at radius 1 is 1.61 bits per heavy atom. The molecule has 5 nitrogen and oxygen atoms in total. The Balaban J connectivity index is 2.10. The van der Waals surface area contributed by atoms with Gasteiger partial charge in [0.15, 0.2) is 5.16 Å². The van der Waals surface area contributed by atoms with Crippen molar-refractivity contribution in [1.29, 1.82) is 0 Å². The number of aryl methyl sites for hydroxylation is 1. The van der Waals surface area contributed by atoms with Crippen LogP contribution in [0, 0.1) is 11.8 Å². The summed E-state index contributed by atoms with van der Waals surface area (Å²) in [6, 6.07) is 0. The van der Waals surface area contributed by atoms with Gasteiger partial charge >= 0.3 is 5.97 Å². The minimum atomic E-state index is -0.677. The van der Waals surface area contributed by atoms with Crippen LogP contribution in [0.3, 0.4) is 0 Å². The number of carboxylic acids is 1. The maximum absolute atomic E-state index is 11.3.